The molecule has 124 valence electrons. The number of halogens is 3. The predicted molar refractivity (Wildman–Crippen MR) is 96.7 cm³/mol. The molecule has 0 amide bonds. The number of rotatable bonds is 8. The van der Waals surface area contributed by atoms with Crippen LogP contribution in [-0.4, -0.2) is 18.1 Å². The van der Waals surface area contributed by atoms with Gasteiger partial charge < -0.3 is 10.1 Å². The number of pyridine rings is 1. The Kier molecular flexibility index (Phi) is 7.44. The first-order valence-electron chi connectivity index (χ1n) is 7.43. The molecule has 0 aliphatic rings. The van der Waals surface area contributed by atoms with Gasteiger partial charge in [-0.15, -0.1) is 0 Å². The maximum absolute atomic E-state index is 6.09. The lowest BCUT2D eigenvalue weighted by atomic mass is 10.1. The molecule has 23 heavy (non-hydrogen) atoms. The standard InChI is InChI=1S/C17H19Cl3N2O/c1-12(9-22-11-13-3-2-5-21-10-13)4-6-23-17-15(19)7-14(18)8-16(17)20/h2-3,5,7-8,10,12,22H,4,6,9,11H2,1H3. The van der Waals surface area contributed by atoms with Gasteiger partial charge in [0.2, 0.25) is 0 Å². The SMILES string of the molecule is CC(CCOc1c(Cl)cc(Cl)cc1Cl)CNCc1cccnc1. The zero-order valence-electron chi connectivity index (χ0n) is 12.9. The minimum Gasteiger partial charge on any atom is -0.490 e. The highest BCUT2D eigenvalue weighted by Crippen LogP contribution is 2.35. The lowest BCUT2D eigenvalue weighted by Crippen LogP contribution is -2.22. The third kappa shape index (κ3) is 6.19. The molecule has 6 heteroatoms. The molecule has 1 aromatic heterocycles. The van der Waals surface area contributed by atoms with Gasteiger partial charge in [-0.05, 0) is 42.6 Å². The summed E-state index contributed by atoms with van der Waals surface area (Å²) in [5.74, 6) is 0.963. The van der Waals surface area contributed by atoms with E-state index >= 15 is 0 Å². The second-order valence-electron chi connectivity index (χ2n) is 5.43. The second kappa shape index (κ2) is 9.33. The quantitative estimate of drug-likeness (QED) is 0.687. The Bertz CT molecular complexity index is 599. The Balaban J connectivity index is 1.70. The van der Waals surface area contributed by atoms with E-state index in [1.807, 2.05) is 12.3 Å². The topological polar surface area (TPSA) is 34.1 Å². The smallest absolute Gasteiger partial charge is 0.156 e. The van der Waals surface area contributed by atoms with Crippen molar-refractivity contribution in [1.82, 2.24) is 10.3 Å². The molecule has 0 saturated heterocycles. The van der Waals surface area contributed by atoms with Crippen LogP contribution in [0.25, 0.3) is 0 Å². The van der Waals surface area contributed by atoms with Gasteiger partial charge in [-0.2, -0.15) is 0 Å². The Morgan fingerprint density at radius 2 is 1.96 bits per heavy atom. The third-order valence-electron chi connectivity index (χ3n) is 3.36. The summed E-state index contributed by atoms with van der Waals surface area (Å²) in [7, 11) is 0. The van der Waals surface area contributed by atoms with E-state index in [1.54, 1.807) is 18.3 Å². The second-order valence-corrected chi connectivity index (χ2v) is 6.68. The van der Waals surface area contributed by atoms with Crippen LogP contribution in [0.4, 0.5) is 0 Å². The van der Waals surface area contributed by atoms with E-state index in [-0.39, 0.29) is 0 Å². The number of aromatic nitrogens is 1. The van der Waals surface area contributed by atoms with Crippen molar-refractivity contribution >= 4 is 34.8 Å². The Morgan fingerprint density at radius 1 is 1.22 bits per heavy atom. The highest BCUT2D eigenvalue weighted by atomic mass is 35.5. The van der Waals surface area contributed by atoms with Gasteiger partial charge >= 0.3 is 0 Å². The molecule has 2 rings (SSSR count). The summed E-state index contributed by atoms with van der Waals surface area (Å²) in [4.78, 5) is 4.09. The molecule has 1 heterocycles. The molecule has 3 nitrogen and oxygen atoms in total. The lowest BCUT2D eigenvalue weighted by molar-refractivity contribution is 0.281. The number of nitrogens with one attached hydrogen (secondary N) is 1. The Hall–Kier alpha value is -1.00. The molecule has 0 bridgehead atoms. The van der Waals surface area contributed by atoms with E-state index in [1.165, 1.54) is 5.56 Å². The molecule has 1 atom stereocenters. The van der Waals surface area contributed by atoms with Crippen LogP contribution in [0.3, 0.4) is 0 Å². The number of benzene rings is 1. The van der Waals surface area contributed by atoms with Crippen LogP contribution in [0.15, 0.2) is 36.7 Å². The van der Waals surface area contributed by atoms with Crippen LogP contribution in [0, 0.1) is 5.92 Å². The summed E-state index contributed by atoms with van der Waals surface area (Å²) in [6, 6.07) is 7.25. The molecule has 1 N–H and O–H groups in total. The Labute approximate surface area is 151 Å². The predicted octanol–water partition coefficient (Wildman–Crippen LogP) is 5.24. The van der Waals surface area contributed by atoms with Crippen LogP contribution in [-0.2, 0) is 6.54 Å². The fraction of sp³-hybridized carbons (Fsp3) is 0.353. The fourth-order valence-electron chi connectivity index (χ4n) is 2.10. The van der Waals surface area contributed by atoms with E-state index < -0.39 is 0 Å². The maximum Gasteiger partial charge on any atom is 0.156 e. The molecule has 1 aromatic carbocycles. The first-order chi connectivity index (χ1) is 11.1. The number of hydrogen-bond acceptors (Lipinski definition) is 3. The Morgan fingerprint density at radius 3 is 2.61 bits per heavy atom. The zero-order valence-corrected chi connectivity index (χ0v) is 15.1. The summed E-state index contributed by atoms with van der Waals surface area (Å²) >= 11 is 18.1. The number of nitrogens with zero attached hydrogens (tertiary/aromatic N) is 1. The van der Waals surface area contributed by atoms with Crippen molar-refractivity contribution in [2.45, 2.75) is 19.9 Å². The first-order valence-corrected chi connectivity index (χ1v) is 8.56. The molecule has 0 saturated carbocycles. The summed E-state index contributed by atoms with van der Waals surface area (Å²) in [5.41, 5.74) is 1.18. The average Bonchev–Trinajstić information content (AvgIpc) is 2.51. The summed E-state index contributed by atoms with van der Waals surface area (Å²) in [6.07, 6.45) is 4.54. The van der Waals surface area contributed by atoms with Crippen LogP contribution >= 0.6 is 34.8 Å². The maximum atomic E-state index is 6.09. The van der Waals surface area contributed by atoms with Crippen molar-refractivity contribution in [3.8, 4) is 5.75 Å². The first kappa shape index (κ1) is 18.3. The van der Waals surface area contributed by atoms with Gasteiger partial charge in [-0.25, -0.2) is 0 Å². The molecule has 0 radical (unpaired) electrons. The molecular formula is C17H19Cl3N2O. The van der Waals surface area contributed by atoms with Crippen molar-refractivity contribution in [1.29, 1.82) is 0 Å². The summed E-state index contributed by atoms with van der Waals surface area (Å²) in [6.45, 7) is 4.44. The number of ether oxygens (including phenoxy) is 1. The van der Waals surface area contributed by atoms with Crippen molar-refractivity contribution in [3.05, 3.63) is 57.3 Å². The monoisotopic (exact) mass is 372 g/mol. The highest BCUT2D eigenvalue weighted by Gasteiger charge is 2.10. The van der Waals surface area contributed by atoms with E-state index in [9.17, 15) is 0 Å². The summed E-state index contributed by atoms with van der Waals surface area (Å²) < 4.78 is 5.70. The van der Waals surface area contributed by atoms with Crippen LogP contribution < -0.4 is 10.1 Å². The van der Waals surface area contributed by atoms with Crippen LogP contribution in [0.2, 0.25) is 15.1 Å². The van der Waals surface area contributed by atoms with Gasteiger partial charge in [0.15, 0.2) is 5.75 Å². The van der Waals surface area contributed by atoms with Gasteiger partial charge in [0.05, 0.1) is 16.7 Å². The zero-order chi connectivity index (χ0) is 16.7. The van der Waals surface area contributed by atoms with E-state index in [2.05, 4.69) is 23.3 Å². The fourth-order valence-corrected chi connectivity index (χ4v) is 3.02. The minimum atomic E-state index is 0.435. The van der Waals surface area contributed by atoms with Crippen molar-refractivity contribution in [2.24, 2.45) is 5.92 Å². The molecule has 0 fully saturated rings. The molecular weight excluding hydrogens is 355 g/mol. The van der Waals surface area contributed by atoms with Crippen molar-refractivity contribution in [2.75, 3.05) is 13.2 Å². The van der Waals surface area contributed by atoms with Gasteiger partial charge in [0, 0.05) is 24.0 Å². The molecule has 1 unspecified atom stereocenters. The highest BCUT2D eigenvalue weighted by molar-refractivity contribution is 6.40. The van der Waals surface area contributed by atoms with Gasteiger partial charge in [-0.1, -0.05) is 47.8 Å². The molecule has 2 aromatic rings. The molecule has 0 aliphatic heterocycles. The average molecular weight is 374 g/mol. The lowest BCUT2D eigenvalue weighted by Gasteiger charge is -2.15. The normalized spacial score (nSPS) is 12.2. The van der Waals surface area contributed by atoms with E-state index in [0.29, 0.717) is 33.3 Å². The van der Waals surface area contributed by atoms with Crippen LogP contribution in [0.1, 0.15) is 18.9 Å². The van der Waals surface area contributed by atoms with Gasteiger partial charge in [-0.3, -0.25) is 4.98 Å². The van der Waals surface area contributed by atoms with Gasteiger partial charge in [0.1, 0.15) is 0 Å². The van der Waals surface area contributed by atoms with E-state index in [4.69, 9.17) is 39.5 Å². The molecule has 0 spiro atoms. The summed E-state index contributed by atoms with van der Waals surface area (Å²) in [5, 5.41) is 4.79. The van der Waals surface area contributed by atoms with Crippen molar-refractivity contribution < 1.29 is 4.74 Å². The van der Waals surface area contributed by atoms with E-state index in [0.717, 1.165) is 19.5 Å². The molecule has 0 aliphatic carbocycles. The third-order valence-corrected chi connectivity index (χ3v) is 4.14. The largest absolute Gasteiger partial charge is 0.490 e. The minimum absolute atomic E-state index is 0.435. The van der Waals surface area contributed by atoms with Crippen LogP contribution in [0.5, 0.6) is 5.75 Å². The van der Waals surface area contributed by atoms with Crippen molar-refractivity contribution in [3.63, 3.8) is 0 Å². The van der Waals surface area contributed by atoms with Gasteiger partial charge in [0.25, 0.3) is 0 Å². The number of hydrogen-bond donors (Lipinski definition) is 1.